The summed E-state index contributed by atoms with van der Waals surface area (Å²) in [5.41, 5.74) is 4.59. The van der Waals surface area contributed by atoms with E-state index in [9.17, 15) is 8.78 Å². The van der Waals surface area contributed by atoms with Gasteiger partial charge in [0, 0.05) is 23.4 Å². The van der Waals surface area contributed by atoms with Crippen molar-refractivity contribution in [2.45, 2.75) is 31.2 Å². The molecule has 2 aromatic rings. The largest absolute Gasteiger partial charge is 0.271 e. The van der Waals surface area contributed by atoms with Gasteiger partial charge in [-0.15, -0.1) is 0 Å². The lowest BCUT2D eigenvalue weighted by Gasteiger charge is -2.31. The first-order valence-electron chi connectivity index (χ1n) is 7.06. The summed E-state index contributed by atoms with van der Waals surface area (Å²) in [6.45, 7) is 0. The average molecular weight is 289 g/mol. The Morgan fingerprint density at radius 3 is 2.67 bits per heavy atom. The van der Waals surface area contributed by atoms with Crippen LogP contribution in [0.1, 0.15) is 41.6 Å². The number of rotatable bonds is 3. The Hall–Kier alpha value is -1.85. The molecule has 0 aliphatic heterocycles. The number of aryl methyl sites for hydroxylation is 1. The summed E-state index contributed by atoms with van der Waals surface area (Å²) >= 11 is 0. The number of benzene rings is 1. The van der Waals surface area contributed by atoms with E-state index in [1.165, 1.54) is 18.2 Å². The predicted octanol–water partition coefficient (Wildman–Crippen LogP) is 2.98. The van der Waals surface area contributed by atoms with E-state index in [4.69, 9.17) is 5.84 Å². The van der Waals surface area contributed by atoms with E-state index >= 15 is 0 Å². The highest BCUT2D eigenvalue weighted by molar-refractivity contribution is 5.32. The molecule has 110 valence electrons. The van der Waals surface area contributed by atoms with Gasteiger partial charge in [0.25, 0.3) is 0 Å². The molecule has 1 aromatic heterocycles. The van der Waals surface area contributed by atoms with Gasteiger partial charge < -0.3 is 0 Å². The molecule has 3 rings (SSSR count). The molecule has 3 nitrogen and oxygen atoms in total. The maximum Gasteiger partial charge on any atom is 0.130 e. The van der Waals surface area contributed by atoms with Crippen LogP contribution in [0.15, 0.2) is 36.5 Å². The number of nitrogens with zero attached hydrogens (tertiary/aromatic N) is 1. The summed E-state index contributed by atoms with van der Waals surface area (Å²) in [4.78, 5) is 4.41. The zero-order chi connectivity index (χ0) is 14.8. The quantitative estimate of drug-likeness (QED) is 0.674. The summed E-state index contributed by atoms with van der Waals surface area (Å²) in [5.74, 6) is 4.32. The van der Waals surface area contributed by atoms with Crippen LogP contribution in [0.4, 0.5) is 8.78 Å². The Morgan fingerprint density at radius 1 is 1.19 bits per heavy atom. The van der Waals surface area contributed by atoms with Crippen molar-refractivity contribution in [3.8, 4) is 0 Å². The zero-order valence-electron chi connectivity index (χ0n) is 11.5. The number of nitrogens with one attached hydrogen (secondary N) is 1. The third-order valence-corrected chi connectivity index (χ3v) is 4.13. The highest BCUT2D eigenvalue weighted by atomic mass is 19.1. The van der Waals surface area contributed by atoms with E-state index in [1.807, 2.05) is 12.1 Å². The standard InChI is InChI=1S/C16H17F2N3/c17-12-7-2-8-13(18)14(12)16(21-19)11-6-1-4-10-5-3-9-20-15(10)11/h2-3,5,7-9,11,16,21H,1,4,6,19H2. The van der Waals surface area contributed by atoms with E-state index in [0.717, 1.165) is 30.5 Å². The minimum absolute atomic E-state index is 0.0106. The van der Waals surface area contributed by atoms with Crippen molar-refractivity contribution in [2.24, 2.45) is 5.84 Å². The van der Waals surface area contributed by atoms with Crippen LogP contribution in [0.2, 0.25) is 0 Å². The Balaban J connectivity index is 2.06. The van der Waals surface area contributed by atoms with Gasteiger partial charge in [-0.3, -0.25) is 16.3 Å². The molecule has 0 spiro atoms. The molecule has 5 heteroatoms. The molecular weight excluding hydrogens is 272 g/mol. The fraction of sp³-hybridized carbons (Fsp3) is 0.312. The molecule has 0 radical (unpaired) electrons. The molecule has 3 N–H and O–H groups in total. The zero-order valence-corrected chi connectivity index (χ0v) is 11.5. The van der Waals surface area contributed by atoms with Gasteiger partial charge >= 0.3 is 0 Å². The number of nitrogens with two attached hydrogens (primary N) is 1. The van der Waals surface area contributed by atoms with Crippen molar-refractivity contribution < 1.29 is 8.78 Å². The normalized spacial score (nSPS) is 19.1. The number of hydrogen-bond donors (Lipinski definition) is 2. The highest BCUT2D eigenvalue weighted by Gasteiger charge is 2.32. The van der Waals surface area contributed by atoms with Gasteiger partial charge in [-0.1, -0.05) is 12.1 Å². The van der Waals surface area contributed by atoms with Gasteiger partial charge in [0.1, 0.15) is 11.6 Å². The number of hydrazine groups is 1. The fourth-order valence-corrected chi connectivity index (χ4v) is 3.18. The van der Waals surface area contributed by atoms with Crippen LogP contribution in [0.5, 0.6) is 0 Å². The van der Waals surface area contributed by atoms with Crippen molar-refractivity contribution >= 4 is 0 Å². The summed E-state index contributed by atoms with van der Waals surface area (Å²) < 4.78 is 28.1. The van der Waals surface area contributed by atoms with Crippen LogP contribution in [0.25, 0.3) is 0 Å². The van der Waals surface area contributed by atoms with Crippen LogP contribution in [0, 0.1) is 11.6 Å². The topological polar surface area (TPSA) is 50.9 Å². The van der Waals surface area contributed by atoms with E-state index < -0.39 is 17.7 Å². The molecule has 1 aromatic carbocycles. The second kappa shape index (κ2) is 5.87. The first-order valence-corrected chi connectivity index (χ1v) is 7.06. The number of hydrogen-bond acceptors (Lipinski definition) is 3. The van der Waals surface area contributed by atoms with Crippen molar-refractivity contribution in [1.82, 2.24) is 10.4 Å². The Morgan fingerprint density at radius 2 is 1.95 bits per heavy atom. The van der Waals surface area contributed by atoms with Crippen LogP contribution >= 0.6 is 0 Å². The molecule has 0 bridgehead atoms. The lowest BCUT2D eigenvalue weighted by Crippen LogP contribution is -2.35. The van der Waals surface area contributed by atoms with Gasteiger partial charge in [-0.05, 0) is 43.0 Å². The fourth-order valence-electron chi connectivity index (χ4n) is 3.18. The molecule has 2 atom stereocenters. The lowest BCUT2D eigenvalue weighted by atomic mass is 9.79. The van der Waals surface area contributed by atoms with E-state index in [1.54, 1.807) is 6.20 Å². The molecular formula is C16H17F2N3. The van der Waals surface area contributed by atoms with Gasteiger partial charge in [0.2, 0.25) is 0 Å². The van der Waals surface area contributed by atoms with Gasteiger partial charge in [-0.2, -0.15) is 0 Å². The van der Waals surface area contributed by atoms with Crippen molar-refractivity contribution in [1.29, 1.82) is 0 Å². The molecule has 1 aliphatic carbocycles. The SMILES string of the molecule is NNC(c1c(F)cccc1F)C1CCCc2cccnc21. The number of halogens is 2. The second-order valence-corrected chi connectivity index (χ2v) is 5.33. The second-order valence-electron chi connectivity index (χ2n) is 5.33. The number of fused-ring (bicyclic) bond motifs is 1. The maximum absolute atomic E-state index is 14.1. The maximum atomic E-state index is 14.1. The van der Waals surface area contributed by atoms with E-state index in [0.29, 0.717) is 0 Å². The van der Waals surface area contributed by atoms with Gasteiger partial charge in [0.15, 0.2) is 0 Å². The predicted molar refractivity (Wildman–Crippen MR) is 76.3 cm³/mol. The number of pyridine rings is 1. The van der Waals surface area contributed by atoms with Crippen LogP contribution in [-0.2, 0) is 6.42 Å². The van der Waals surface area contributed by atoms with Crippen molar-refractivity contribution in [3.05, 3.63) is 65.0 Å². The van der Waals surface area contributed by atoms with Crippen LogP contribution in [0.3, 0.4) is 0 Å². The summed E-state index contributed by atoms with van der Waals surface area (Å²) in [6, 6.07) is 7.14. The molecule has 0 fully saturated rings. The van der Waals surface area contributed by atoms with Crippen LogP contribution < -0.4 is 11.3 Å². The van der Waals surface area contributed by atoms with E-state index in [-0.39, 0.29) is 11.5 Å². The molecule has 0 saturated heterocycles. The third kappa shape index (κ3) is 2.54. The molecule has 1 heterocycles. The van der Waals surface area contributed by atoms with E-state index in [2.05, 4.69) is 10.4 Å². The molecule has 0 amide bonds. The Kier molecular flexibility index (Phi) is 3.94. The monoisotopic (exact) mass is 289 g/mol. The third-order valence-electron chi connectivity index (χ3n) is 4.13. The molecule has 1 aliphatic rings. The summed E-state index contributed by atoms with van der Waals surface area (Å²) in [6.07, 6.45) is 4.41. The molecule has 0 saturated carbocycles. The smallest absolute Gasteiger partial charge is 0.130 e. The molecule has 2 unspecified atom stereocenters. The highest BCUT2D eigenvalue weighted by Crippen LogP contribution is 2.40. The summed E-state index contributed by atoms with van der Waals surface area (Å²) in [5, 5.41) is 0. The average Bonchev–Trinajstić information content (AvgIpc) is 2.51. The van der Waals surface area contributed by atoms with Crippen molar-refractivity contribution in [2.75, 3.05) is 0 Å². The Labute approximate surface area is 122 Å². The molecule has 21 heavy (non-hydrogen) atoms. The first kappa shape index (κ1) is 14.1. The van der Waals surface area contributed by atoms with Crippen LogP contribution in [-0.4, -0.2) is 4.98 Å². The lowest BCUT2D eigenvalue weighted by molar-refractivity contribution is 0.374. The number of aromatic nitrogens is 1. The van der Waals surface area contributed by atoms with Gasteiger partial charge in [-0.25, -0.2) is 8.78 Å². The first-order chi connectivity index (χ1) is 10.2. The minimum atomic E-state index is -0.625. The Bertz CT molecular complexity index is 625. The van der Waals surface area contributed by atoms with Gasteiger partial charge in [0.05, 0.1) is 6.04 Å². The minimum Gasteiger partial charge on any atom is -0.271 e. The summed E-state index contributed by atoms with van der Waals surface area (Å²) in [7, 11) is 0. The van der Waals surface area contributed by atoms with Crippen molar-refractivity contribution in [3.63, 3.8) is 0 Å².